The molecule has 0 unspecified atom stereocenters. The molecule has 27 heavy (non-hydrogen) atoms. The molecule has 5 nitrogen and oxygen atoms in total. The molecular formula is C19H20F2N2O3S. The van der Waals surface area contributed by atoms with Gasteiger partial charge in [0.05, 0.1) is 4.90 Å². The minimum absolute atomic E-state index is 0.0411. The molecule has 0 bridgehead atoms. The van der Waals surface area contributed by atoms with Gasteiger partial charge in [-0.05, 0) is 55.3 Å². The molecule has 0 saturated carbocycles. The van der Waals surface area contributed by atoms with Crippen LogP contribution in [0.1, 0.15) is 21.5 Å². The summed E-state index contributed by atoms with van der Waals surface area (Å²) in [7, 11) is -3.64. The van der Waals surface area contributed by atoms with Gasteiger partial charge >= 0.3 is 0 Å². The molecular weight excluding hydrogens is 374 g/mol. The minimum Gasteiger partial charge on any atom is -0.336 e. The fourth-order valence-electron chi connectivity index (χ4n) is 2.97. The Morgan fingerprint density at radius 3 is 2.15 bits per heavy atom. The van der Waals surface area contributed by atoms with Gasteiger partial charge in [-0.1, -0.05) is 6.07 Å². The lowest BCUT2D eigenvalue weighted by Gasteiger charge is -2.34. The van der Waals surface area contributed by atoms with E-state index in [1.165, 1.54) is 15.3 Å². The summed E-state index contributed by atoms with van der Waals surface area (Å²) in [6.07, 6.45) is 0. The lowest BCUT2D eigenvalue weighted by molar-refractivity contribution is 0.0697. The second-order valence-electron chi connectivity index (χ2n) is 6.57. The Balaban J connectivity index is 1.71. The molecule has 3 rings (SSSR count). The molecule has 0 aliphatic carbocycles. The Kier molecular flexibility index (Phi) is 5.30. The molecule has 0 N–H and O–H groups in total. The number of hydrogen-bond donors (Lipinski definition) is 0. The third kappa shape index (κ3) is 3.86. The average molecular weight is 394 g/mol. The highest BCUT2D eigenvalue weighted by molar-refractivity contribution is 7.89. The van der Waals surface area contributed by atoms with E-state index < -0.39 is 27.6 Å². The zero-order chi connectivity index (χ0) is 19.8. The van der Waals surface area contributed by atoms with Crippen LogP contribution in [0.25, 0.3) is 0 Å². The summed E-state index contributed by atoms with van der Waals surface area (Å²) < 4.78 is 53.3. The van der Waals surface area contributed by atoms with Gasteiger partial charge in [0.2, 0.25) is 10.0 Å². The van der Waals surface area contributed by atoms with Gasteiger partial charge in [-0.3, -0.25) is 4.79 Å². The van der Waals surface area contributed by atoms with Gasteiger partial charge in [-0.25, -0.2) is 17.2 Å². The number of nitrogens with zero attached hydrogens (tertiary/aromatic N) is 2. The van der Waals surface area contributed by atoms with Crippen molar-refractivity contribution in [2.45, 2.75) is 18.7 Å². The van der Waals surface area contributed by atoms with E-state index in [2.05, 4.69) is 0 Å². The summed E-state index contributed by atoms with van der Waals surface area (Å²) >= 11 is 0. The first kappa shape index (κ1) is 19.4. The Bertz CT molecular complexity index is 984. The van der Waals surface area contributed by atoms with Crippen molar-refractivity contribution in [2.75, 3.05) is 26.2 Å². The highest BCUT2D eigenvalue weighted by Gasteiger charge is 2.30. The molecule has 0 aromatic heterocycles. The van der Waals surface area contributed by atoms with Gasteiger partial charge in [0.15, 0.2) is 11.6 Å². The number of aryl methyl sites for hydroxylation is 2. The largest absolute Gasteiger partial charge is 0.336 e. The highest BCUT2D eigenvalue weighted by Crippen LogP contribution is 2.21. The maximum Gasteiger partial charge on any atom is 0.254 e. The smallest absolute Gasteiger partial charge is 0.254 e. The molecule has 1 amide bonds. The lowest BCUT2D eigenvalue weighted by atomic mass is 10.1. The van der Waals surface area contributed by atoms with E-state index in [1.54, 1.807) is 18.2 Å². The van der Waals surface area contributed by atoms with E-state index in [4.69, 9.17) is 0 Å². The van der Waals surface area contributed by atoms with Crippen molar-refractivity contribution in [1.82, 2.24) is 9.21 Å². The second-order valence-corrected chi connectivity index (χ2v) is 8.51. The van der Waals surface area contributed by atoms with Gasteiger partial charge in [0.1, 0.15) is 0 Å². The zero-order valence-electron chi connectivity index (χ0n) is 15.1. The van der Waals surface area contributed by atoms with E-state index in [9.17, 15) is 22.0 Å². The summed E-state index contributed by atoms with van der Waals surface area (Å²) in [6.45, 7) is 4.42. The van der Waals surface area contributed by atoms with Crippen LogP contribution >= 0.6 is 0 Å². The number of sulfonamides is 1. The highest BCUT2D eigenvalue weighted by atomic mass is 32.2. The van der Waals surface area contributed by atoms with Crippen LogP contribution in [-0.4, -0.2) is 49.7 Å². The van der Waals surface area contributed by atoms with E-state index in [0.717, 1.165) is 23.3 Å². The molecule has 1 heterocycles. The normalized spacial score (nSPS) is 15.8. The third-order valence-electron chi connectivity index (χ3n) is 4.81. The number of benzene rings is 2. The van der Waals surface area contributed by atoms with E-state index in [-0.39, 0.29) is 36.6 Å². The number of carbonyl (C=O) groups excluding carboxylic acids is 1. The molecule has 144 valence electrons. The van der Waals surface area contributed by atoms with Gasteiger partial charge in [-0.2, -0.15) is 4.31 Å². The van der Waals surface area contributed by atoms with Crippen molar-refractivity contribution < 1.29 is 22.0 Å². The van der Waals surface area contributed by atoms with Crippen molar-refractivity contribution in [2.24, 2.45) is 0 Å². The van der Waals surface area contributed by atoms with E-state index >= 15 is 0 Å². The molecule has 1 aliphatic rings. The predicted molar refractivity (Wildman–Crippen MR) is 96.9 cm³/mol. The number of hydrogen-bond acceptors (Lipinski definition) is 3. The third-order valence-corrected chi connectivity index (χ3v) is 6.70. The average Bonchev–Trinajstić information content (AvgIpc) is 2.65. The topological polar surface area (TPSA) is 57.7 Å². The molecule has 1 fully saturated rings. The van der Waals surface area contributed by atoms with Gasteiger partial charge in [0.25, 0.3) is 5.91 Å². The predicted octanol–water partition coefficient (Wildman–Crippen LogP) is 2.73. The number of halogens is 2. The SMILES string of the molecule is Cc1ccc(S(=O)(=O)N2CCN(C(=O)c3ccc(F)c(F)c3)CC2)cc1C. The molecule has 2 aromatic rings. The van der Waals surface area contributed by atoms with E-state index in [1.807, 2.05) is 13.8 Å². The van der Waals surface area contributed by atoms with Crippen LogP contribution in [0.5, 0.6) is 0 Å². The van der Waals surface area contributed by atoms with Crippen LogP contribution in [-0.2, 0) is 10.0 Å². The van der Waals surface area contributed by atoms with Crippen LogP contribution < -0.4 is 0 Å². The Morgan fingerprint density at radius 1 is 0.889 bits per heavy atom. The van der Waals surface area contributed by atoms with Crippen LogP contribution in [0.2, 0.25) is 0 Å². The van der Waals surface area contributed by atoms with Gasteiger partial charge in [0, 0.05) is 31.7 Å². The zero-order valence-corrected chi connectivity index (χ0v) is 15.9. The molecule has 2 aromatic carbocycles. The minimum atomic E-state index is -3.64. The Morgan fingerprint density at radius 2 is 1.56 bits per heavy atom. The van der Waals surface area contributed by atoms with E-state index in [0.29, 0.717) is 0 Å². The summed E-state index contributed by atoms with van der Waals surface area (Å²) in [5, 5.41) is 0. The van der Waals surface area contributed by atoms with Crippen LogP contribution in [0.15, 0.2) is 41.3 Å². The number of piperazine rings is 1. The lowest BCUT2D eigenvalue weighted by Crippen LogP contribution is -2.50. The monoisotopic (exact) mass is 394 g/mol. The van der Waals surface area contributed by atoms with Crippen LogP contribution in [0.3, 0.4) is 0 Å². The summed E-state index contributed by atoms with van der Waals surface area (Å²) in [4.78, 5) is 14.1. The molecule has 1 saturated heterocycles. The maximum atomic E-state index is 13.3. The van der Waals surface area contributed by atoms with Crippen LogP contribution in [0.4, 0.5) is 8.78 Å². The summed E-state index contributed by atoms with van der Waals surface area (Å²) in [6, 6.07) is 7.98. The van der Waals surface area contributed by atoms with Crippen molar-refractivity contribution in [3.05, 3.63) is 64.7 Å². The maximum absolute atomic E-state index is 13.3. The molecule has 8 heteroatoms. The number of rotatable bonds is 3. The van der Waals surface area contributed by atoms with Crippen molar-refractivity contribution in [1.29, 1.82) is 0 Å². The molecule has 0 atom stereocenters. The van der Waals surface area contributed by atoms with Crippen molar-refractivity contribution in [3.63, 3.8) is 0 Å². The van der Waals surface area contributed by atoms with Gasteiger partial charge in [-0.15, -0.1) is 0 Å². The Hall–Kier alpha value is -2.32. The Labute approximate surface area is 157 Å². The number of amides is 1. The molecule has 1 aliphatic heterocycles. The molecule has 0 spiro atoms. The fraction of sp³-hybridized carbons (Fsp3) is 0.316. The number of carbonyl (C=O) groups is 1. The summed E-state index contributed by atoms with van der Waals surface area (Å²) in [5.41, 5.74) is 1.94. The first-order valence-corrected chi connectivity index (χ1v) is 9.96. The van der Waals surface area contributed by atoms with Gasteiger partial charge < -0.3 is 4.90 Å². The molecule has 0 radical (unpaired) electrons. The van der Waals surface area contributed by atoms with Crippen LogP contribution in [0, 0.1) is 25.5 Å². The standard InChI is InChI=1S/C19H20F2N2O3S/c1-13-3-5-16(11-14(13)2)27(25,26)23-9-7-22(8-10-23)19(24)15-4-6-17(20)18(21)12-15/h3-6,11-12H,7-10H2,1-2H3. The quantitative estimate of drug-likeness (QED) is 0.804. The second kappa shape index (κ2) is 7.36. The summed E-state index contributed by atoms with van der Waals surface area (Å²) in [5.74, 6) is -2.55. The first-order chi connectivity index (χ1) is 12.7. The van der Waals surface area contributed by atoms with Crippen molar-refractivity contribution >= 4 is 15.9 Å². The first-order valence-electron chi connectivity index (χ1n) is 8.52. The van der Waals surface area contributed by atoms with Crippen molar-refractivity contribution in [3.8, 4) is 0 Å². The fourth-order valence-corrected chi connectivity index (χ4v) is 4.47.